The molecule has 2 N–H and O–H groups in total. The monoisotopic (exact) mass is 415 g/mol. The highest BCUT2D eigenvalue weighted by atomic mass is 16.5. The maximum Gasteiger partial charge on any atom is 0.315 e. The molecule has 0 atom stereocenters. The molecule has 0 spiro atoms. The Morgan fingerprint density at radius 2 is 2.00 bits per heavy atom. The van der Waals surface area contributed by atoms with Gasteiger partial charge in [0, 0.05) is 45.4 Å². The maximum absolute atomic E-state index is 13.1. The van der Waals surface area contributed by atoms with Gasteiger partial charge in [0.05, 0.1) is 11.0 Å². The number of anilines is 1. The van der Waals surface area contributed by atoms with Gasteiger partial charge in [-0.05, 0) is 44.7 Å². The number of ether oxygens (including phenoxy) is 1. The van der Waals surface area contributed by atoms with Gasteiger partial charge >= 0.3 is 6.03 Å². The Morgan fingerprint density at radius 1 is 1.23 bits per heavy atom. The second-order valence-electron chi connectivity index (χ2n) is 7.59. The van der Waals surface area contributed by atoms with Gasteiger partial charge in [0.15, 0.2) is 5.82 Å². The van der Waals surface area contributed by atoms with E-state index in [0.717, 1.165) is 36.7 Å². The molecule has 1 aliphatic rings. The maximum atomic E-state index is 13.1. The van der Waals surface area contributed by atoms with E-state index in [2.05, 4.69) is 27.4 Å². The molecule has 3 rings (SSSR count). The van der Waals surface area contributed by atoms with E-state index in [1.165, 1.54) is 0 Å². The number of carbonyl (C=O) groups excluding carboxylic acids is 1. The third-order valence-corrected chi connectivity index (χ3v) is 5.37. The number of aryl methyl sites for hydroxylation is 1. The Hall–Kier alpha value is -2.61. The van der Waals surface area contributed by atoms with E-state index in [1.54, 1.807) is 0 Å². The Labute approximate surface area is 177 Å². The summed E-state index contributed by atoms with van der Waals surface area (Å²) in [7, 11) is 0. The first-order valence-electron chi connectivity index (χ1n) is 11.0. The molecule has 1 aliphatic heterocycles. The molecule has 1 aromatic heterocycles. The zero-order valence-corrected chi connectivity index (χ0v) is 18.0. The van der Waals surface area contributed by atoms with E-state index in [0.29, 0.717) is 45.2 Å². The molecular formula is C22H33N5O3. The van der Waals surface area contributed by atoms with Gasteiger partial charge in [0.2, 0.25) is 0 Å². The smallest absolute Gasteiger partial charge is 0.315 e. The number of amides is 2. The average molecular weight is 416 g/mol. The molecule has 0 saturated carbocycles. The molecule has 8 heteroatoms. The van der Waals surface area contributed by atoms with Gasteiger partial charge in [-0.15, -0.1) is 0 Å². The van der Waals surface area contributed by atoms with Crippen LogP contribution in [0.3, 0.4) is 0 Å². The number of urea groups is 1. The van der Waals surface area contributed by atoms with Crippen molar-refractivity contribution >= 4 is 22.9 Å². The predicted molar refractivity (Wildman–Crippen MR) is 119 cm³/mol. The Morgan fingerprint density at radius 3 is 2.73 bits per heavy atom. The van der Waals surface area contributed by atoms with Crippen LogP contribution in [0.1, 0.15) is 39.5 Å². The van der Waals surface area contributed by atoms with Gasteiger partial charge in [-0.1, -0.05) is 19.1 Å². The van der Waals surface area contributed by atoms with Crippen LogP contribution in [0.4, 0.5) is 10.6 Å². The van der Waals surface area contributed by atoms with E-state index in [9.17, 15) is 9.59 Å². The summed E-state index contributed by atoms with van der Waals surface area (Å²) >= 11 is 0. The van der Waals surface area contributed by atoms with Crippen LogP contribution in [-0.4, -0.2) is 54.5 Å². The van der Waals surface area contributed by atoms with Crippen LogP contribution in [-0.2, 0) is 11.3 Å². The fourth-order valence-corrected chi connectivity index (χ4v) is 3.82. The molecule has 1 saturated heterocycles. The SMILES string of the molecule is CCCn1c(=O)c(N2CCC(NC(=O)NCCCOCC)CC2)nc2ccccc21. The molecule has 0 radical (unpaired) electrons. The normalized spacial score (nSPS) is 14.8. The summed E-state index contributed by atoms with van der Waals surface area (Å²) in [5.41, 5.74) is 1.69. The topological polar surface area (TPSA) is 88.5 Å². The van der Waals surface area contributed by atoms with Crippen molar-refractivity contribution in [2.75, 3.05) is 37.7 Å². The lowest BCUT2D eigenvalue weighted by Gasteiger charge is -2.33. The highest BCUT2D eigenvalue weighted by Gasteiger charge is 2.24. The van der Waals surface area contributed by atoms with E-state index >= 15 is 0 Å². The van der Waals surface area contributed by atoms with E-state index < -0.39 is 0 Å². The van der Waals surface area contributed by atoms with Crippen LogP contribution in [0.5, 0.6) is 0 Å². The van der Waals surface area contributed by atoms with E-state index in [-0.39, 0.29) is 17.6 Å². The molecule has 0 aliphatic carbocycles. The number of carbonyl (C=O) groups is 1. The van der Waals surface area contributed by atoms with Gasteiger partial charge in [0.1, 0.15) is 0 Å². The molecule has 1 aromatic carbocycles. The van der Waals surface area contributed by atoms with Crippen molar-refractivity contribution in [2.24, 2.45) is 0 Å². The van der Waals surface area contributed by atoms with Gasteiger partial charge in [-0.25, -0.2) is 9.78 Å². The van der Waals surface area contributed by atoms with Gasteiger partial charge < -0.3 is 24.8 Å². The molecule has 2 amide bonds. The minimum Gasteiger partial charge on any atom is -0.382 e. The largest absolute Gasteiger partial charge is 0.382 e. The van der Waals surface area contributed by atoms with Crippen LogP contribution in [0, 0.1) is 0 Å². The number of nitrogens with zero attached hydrogens (tertiary/aromatic N) is 3. The second-order valence-corrected chi connectivity index (χ2v) is 7.59. The summed E-state index contributed by atoms with van der Waals surface area (Å²) in [5.74, 6) is 0.515. The number of para-hydroxylation sites is 2. The van der Waals surface area contributed by atoms with Crippen molar-refractivity contribution in [3.8, 4) is 0 Å². The highest BCUT2D eigenvalue weighted by Crippen LogP contribution is 2.19. The number of piperidine rings is 1. The quantitative estimate of drug-likeness (QED) is 0.615. The fraction of sp³-hybridized carbons (Fsp3) is 0.591. The summed E-state index contributed by atoms with van der Waals surface area (Å²) < 4.78 is 7.10. The molecule has 164 valence electrons. The zero-order chi connectivity index (χ0) is 21.3. The van der Waals surface area contributed by atoms with Gasteiger partial charge in [-0.3, -0.25) is 4.79 Å². The highest BCUT2D eigenvalue weighted by molar-refractivity contribution is 5.76. The Bertz CT molecular complexity index is 890. The van der Waals surface area contributed by atoms with Crippen molar-refractivity contribution in [2.45, 2.75) is 52.1 Å². The van der Waals surface area contributed by atoms with Crippen LogP contribution in [0.25, 0.3) is 11.0 Å². The first-order chi connectivity index (χ1) is 14.6. The van der Waals surface area contributed by atoms with Crippen LogP contribution in [0.2, 0.25) is 0 Å². The van der Waals surface area contributed by atoms with Crippen LogP contribution < -0.4 is 21.1 Å². The Balaban J connectivity index is 1.58. The molecule has 2 aromatic rings. The number of fused-ring (bicyclic) bond motifs is 1. The van der Waals surface area contributed by atoms with E-state index in [1.807, 2.05) is 35.8 Å². The number of rotatable bonds is 9. The van der Waals surface area contributed by atoms with Crippen molar-refractivity contribution in [3.05, 3.63) is 34.6 Å². The molecular weight excluding hydrogens is 382 g/mol. The first kappa shape index (κ1) is 22.1. The number of benzene rings is 1. The zero-order valence-electron chi connectivity index (χ0n) is 18.0. The molecule has 30 heavy (non-hydrogen) atoms. The Kier molecular flexibility index (Phi) is 8.07. The molecule has 1 fully saturated rings. The van der Waals surface area contributed by atoms with Crippen molar-refractivity contribution in [1.29, 1.82) is 0 Å². The summed E-state index contributed by atoms with van der Waals surface area (Å²) in [6.07, 6.45) is 3.26. The number of nitrogens with one attached hydrogen (secondary N) is 2. The lowest BCUT2D eigenvalue weighted by molar-refractivity contribution is 0.145. The number of hydrogen-bond acceptors (Lipinski definition) is 5. The van der Waals surface area contributed by atoms with E-state index in [4.69, 9.17) is 4.74 Å². The van der Waals surface area contributed by atoms with Crippen molar-refractivity contribution < 1.29 is 9.53 Å². The fourth-order valence-electron chi connectivity index (χ4n) is 3.82. The number of hydrogen-bond donors (Lipinski definition) is 2. The number of aromatic nitrogens is 2. The van der Waals surface area contributed by atoms with Gasteiger partial charge in [-0.2, -0.15) is 0 Å². The molecule has 8 nitrogen and oxygen atoms in total. The second kappa shape index (κ2) is 11.0. The van der Waals surface area contributed by atoms with Gasteiger partial charge in [0.25, 0.3) is 5.56 Å². The summed E-state index contributed by atoms with van der Waals surface area (Å²) in [5, 5.41) is 5.91. The molecule has 2 heterocycles. The summed E-state index contributed by atoms with van der Waals surface area (Å²) in [4.78, 5) is 31.9. The lowest BCUT2D eigenvalue weighted by Crippen LogP contribution is -2.49. The van der Waals surface area contributed by atoms with Crippen LogP contribution >= 0.6 is 0 Å². The minimum absolute atomic E-state index is 0.0333. The lowest BCUT2D eigenvalue weighted by atomic mass is 10.1. The summed E-state index contributed by atoms with van der Waals surface area (Å²) in [6, 6.07) is 7.75. The predicted octanol–water partition coefficient (Wildman–Crippen LogP) is 2.50. The molecule has 0 bridgehead atoms. The van der Waals surface area contributed by atoms with Crippen LogP contribution in [0.15, 0.2) is 29.1 Å². The summed E-state index contributed by atoms with van der Waals surface area (Å²) in [6.45, 7) is 8.05. The molecule has 0 unspecified atom stereocenters. The first-order valence-corrected chi connectivity index (χ1v) is 11.0. The standard InChI is InChI=1S/C22H33N5O3/c1-3-13-27-19-9-6-5-8-18(19)25-20(21(27)28)26-14-10-17(11-15-26)24-22(29)23-12-7-16-30-4-2/h5-6,8-9,17H,3-4,7,10-16H2,1-2H3,(H2,23,24,29). The van der Waals surface area contributed by atoms with Crippen molar-refractivity contribution in [1.82, 2.24) is 20.2 Å². The van der Waals surface area contributed by atoms with Crippen molar-refractivity contribution in [3.63, 3.8) is 0 Å². The minimum atomic E-state index is -0.140. The average Bonchev–Trinajstić information content (AvgIpc) is 2.76. The third-order valence-electron chi connectivity index (χ3n) is 5.37. The third kappa shape index (κ3) is 5.50.